The Morgan fingerprint density at radius 1 is 0.411 bits per heavy atom. The highest BCUT2D eigenvalue weighted by molar-refractivity contribution is 7.25. The van der Waals surface area contributed by atoms with Gasteiger partial charge in [-0.25, -0.2) is 9.97 Å². The molecule has 0 saturated carbocycles. The van der Waals surface area contributed by atoms with Crippen molar-refractivity contribution in [1.82, 2.24) is 9.97 Å². The fourth-order valence-corrected chi connectivity index (χ4v) is 9.98. The van der Waals surface area contributed by atoms with Crippen molar-refractivity contribution in [1.29, 1.82) is 0 Å². The van der Waals surface area contributed by atoms with Gasteiger partial charge in [-0.1, -0.05) is 159 Å². The molecule has 0 N–H and O–H groups in total. The number of hydrogen-bond donors (Lipinski definition) is 0. The van der Waals surface area contributed by atoms with Crippen LogP contribution in [-0.2, 0) is 5.41 Å². The van der Waals surface area contributed by atoms with Crippen LogP contribution in [0.25, 0.3) is 98.2 Å². The Kier molecular flexibility index (Phi) is 7.42. The predicted octanol–water partition coefficient (Wildman–Crippen LogP) is 14.6. The van der Waals surface area contributed by atoms with Crippen LogP contribution < -0.4 is 0 Å². The SMILES string of the molecule is CC1(C)c2cc3ccccc3cc2-c2c(-c3cc(-c4ccc(-c5cccc(-c6cccc7sc8ccccc8c67)c5)cc4)nc(-c4ccccc4)n3)cccc21. The Labute approximate surface area is 330 Å². The first-order chi connectivity index (χ1) is 27.5. The van der Waals surface area contributed by atoms with E-state index in [4.69, 9.17) is 9.97 Å². The summed E-state index contributed by atoms with van der Waals surface area (Å²) in [4.78, 5) is 10.5. The van der Waals surface area contributed by atoms with Crippen molar-refractivity contribution in [3.05, 3.63) is 193 Å². The average Bonchev–Trinajstić information content (AvgIpc) is 3.75. The Morgan fingerprint density at radius 2 is 1.05 bits per heavy atom. The van der Waals surface area contributed by atoms with Gasteiger partial charge in [0.15, 0.2) is 5.82 Å². The molecule has 11 rings (SSSR count). The van der Waals surface area contributed by atoms with Crippen molar-refractivity contribution in [2.24, 2.45) is 0 Å². The van der Waals surface area contributed by atoms with Crippen LogP contribution >= 0.6 is 11.3 Å². The van der Waals surface area contributed by atoms with Crippen LogP contribution in [0.2, 0.25) is 0 Å². The van der Waals surface area contributed by atoms with Crippen molar-refractivity contribution in [2.75, 3.05) is 0 Å². The molecule has 0 atom stereocenters. The van der Waals surface area contributed by atoms with E-state index in [1.165, 1.54) is 75.5 Å². The Morgan fingerprint density at radius 3 is 1.91 bits per heavy atom. The van der Waals surface area contributed by atoms with Gasteiger partial charge < -0.3 is 0 Å². The van der Waals surface area contributed by atoms with E-state index in [1.54, 1.807) is 0 Å². The molecule has 10 aromatic rings. The number of nitrogens with zero attached hydrogens (tertiary/aromatic N) is 2. The zero-order chi connectivity index (χ0) is 37.4. The normalized spacial score (nSPS) is 13.0. The molecule has 56 heavy (non-hydrogen) atoms. The van der Waals surface area contributed by atoms with Crippen LogP contribution in [-0.4, -0.2) is 9.97 Å². The number of hydrogen-bond acceptors (Lipinski definition) is 3. The van der Waals surface area contributed by atoms with E-state index < -0.39 is 0 Å². The summed E-state index contributed by atoms with van der Waals surface area (Å²) in [5.74, 6) is 0.721. The zero-order valence-electron chi connectivity index (χ0n) is 31.1. The summed E-state index contributed by atoms with van der Waals surface area (Å²) < 4.78 is 2.64. The second-order valence-corrected chi connectivity index (χ2v) is 16.4. The molecule has 0 fully saturated rings. The van der Waals surface area contributed by atoms with Gasteiger partial charge >= 0.3 is 0 Å². The van der Waals surface area contributed by atoms with E-state index in [9.17, 15) is 0 Å². The minimum absolute atomic E-state index is 0.139. The lowest BCUT2D eigenvalue weighted by molar-refractivity contribution is 0.661. The van der Waals surface area contributed by atoms with Crippen molar-refractivity contribution in [2.45, 2.75) is 19.3 Å². The first-order valence-electron chi connectivity index (χ1n) is 19.2. The molecule has 1 aliphatic carbocycles. The molecular formula is C53H36N2S. The number of rotatable bonds is 5. The number of benzene rings is 8. The third kappa shape index (κ3) is 5.23. The smallest absolute Gasteiger partial charge is 0.160 e. The minimum Gasteiger partial charge on any atom is -0.228 e. The van der Waals surface area contributed by atoms with Crippen LogP contribution in [0.5, 0.6) is 0 Å². The highest BCUT2D eigenvalue weighted by Gasteiger charge is 2.37. The molecule has 0 saturated heterocycles. The van der Waals surface area contributed by atoms with Gasteiger partial charge in [-0.15, -0.1) is 11.3 Å². The largest absolute Gasteiger partial charge is 0.228 e. The highest BCUT2D eigenvalue weighted by atomic mass is 32.1. The summed E-state index contributed by atoms with van der Waals surface area (Å²) in [7, 11) is 0. The summed E-state index contributed by atoms with van der Waals surface area (Å²) >= 11 is 1.86. The molecule has 0 radical (unpaired) electrons. The molecular weight excluding hydrogens is 697 g/mol. The molecule has 2 aromatic heterocycles. The molecule has 264 valence electrons. The lowest BCUT2D eigenvalue weighted by Gasteiger charge is -2.22. The maximum absolute atomic E-state index is 5.29. The number of thiophene rings is 1. The second-order valence-electron chi connectivity index (χ2n) is 15.4. The fraction of sp³-hybridized carbons (Fsp3) is 0.0566. The monoisotopic (exact) mass is 732 g/mol. The van der Waals surface area contributed by atoms with Gasteiger partial charge in [-0.2, -0.15) is 0 Å². The lowest BCUT2D eigenvalue weighted by Crippen LogP contribution is -2.14. The van der Waals surface area contributed by atoms with Crippen LogP contribution in [0.4, 0.5) is 0 Å². The van der Waals surface area contributed by atoms with E-state index in [0.717, 1.165) is 33.9 Å². The summed E-state index contributed by atoms with van der Waals surface area (Å²) in [5.41, 5.74) is 15.0. The molecule has 2 heterocycles. The van der Waals surface area contributed by atoms with E-state index in [2.05, 4.69) is 190 Å². The number of fused-ring (bicyclic) bond motifs is 7. The van der Waals surface area contributed by atoms with Crippen molar-refractivity contribution >= 4 is 42.3 Å². The minimum atomic E-state index is -0.139. The Balaban J connectivity index is 1.02. The summed E-state index contributed by atoms with van der Waals surface area (Å²) in [5, 5.41) is 5.17. The van der Waals surface area contributed by atoms with Gasteiger partial charge in [-0.3, -0.25) is 0 Å². The van der Waals surface area contributed by atoms with Crippen LogP contribution in [0.3, 0.4) is 0 Å². The molecule has 3 heteroatoms. The van der Waals surface area contributed by atoms with E-state index >= 15 is 0 Å². The molecule has 2 nitrogen and oxygen atoms in total. The molecule has 0 unspecified atom stereocenters. The standard InChI is InChI=1S/C53H36N2S/c1-53(2)44-22-11-21-41(50(44)43-30-37-15-6-7-16-38(37)31-45(43)53)47-32-46(54-52(55-47)35-13-4-3-5-14-35)34-27-25-33(26-28-34)36-17-10-18-39(29-36)40-20-12-24-49-51(40)42-19-8-9-23-48(42)56-49/h3-32H,1-2H3. The van der Waals surface area contributed by atoms with Gasteiger partial charge in [-0.05, 0) is 91.7 Å². The van der Waals surface area contributed by atoms with Crippen molar-refractivity contribution in [3.8, 4) is 67.3 Å². The van der Waals surface area contributed by atoms with E-state index in [1.807, 2.05) is 17.4 Å². The van der Waals surface area contributed by atoms with Crippen molar-refractivity contribution in [3.63, 3.8) is 0 Å². The third-order valence-corrected chi connectivity index (χ3v) is 12.8. The summed E-state index contributed by atoms with van der Waals surface area (Å²) in [6.45, 7) is 4.69. The molecule has 1 aliphatic rings. The van der Waals surface area contributed by atoms with E-state index in [-0.39, 0.29) is 5.41 Å². The zero-order valence-corrected chi connectivity index (χ0v) is 31.9. The fourth-order valence-electron chi connectivity index (χ4n) is 8.85. The first-order valence-corrected chi connectivity index (χ1v) is 20.0. The first kappa shape index (κ1) is 32.7. The van der Waals surface area contributed by atoms with Gasteiger partial charge in [0.05, 0.1) is 11.4 Å². The van der Waals surface area contributed by atoms with Crippen LogP contribution in [0, 0.1) is 0 Å². The average molecular weight is 733 g/mol. The van der Waals surface area contributed by atoms with Crippen molar-refractivity contribution < 1.29 is 0 Å². The summed E-state index contributed by atoms with van der Waals surface area (Å²) in [6.07, 6.45) is 0. The second kappa shape index (κ2) is 12.7. The van der Waals surface area contributed by atoms with Gasteiger partial charge in [0.2, 0.25) is 0 Å². The Hall–Kier alpha value is -6.68. The lowest BCUT2D eigenvalue weighted by atomic mass is 9.81. The van der Waals surface area contributed by atoms with Gasteiger partial charge in [0.25, 0.3) is 0 Å². The predicted molar refractivity (Wildman–Crippen MR) is 237 cm³/mol. The maximum Gasteiger partial charge on any atom is 0.160 e. The molecule has 0 spiro atoms. The van der Waals surface area contributed by atoms with Gasteiger partial charge in [0.1, 0.15) is 0 Å². The molecule has 0 bridgehead atoms. The summed E-state index contributed by atoms with van der Waals surface area (Å²) in [6, 6.07) is 65.9. The number of aromatic nitrogens is 2. The molecule has 0 aliphatic heterocycles. The topological polar surface area (TPSA) is 25.8 Å². The van der Waals surface area contributed by atoms with Gasteiger partial charge in [0, 0.05) is 42.3 Å². The van der Waals surface area contributed by atoms with Crippen LogP contribution in [0.15, 0.2) is 182 Å². The van der Waals surface area contributed by atoms with Crippen LogP contribution in [0.1, 0.15) is 25.0 Å². The quantitative estimate of drug-likeness (QED) is 0.176. The third-order valence-electron chi connectivity index (χ3n) is 11.7. The Bertz CT molecular complexity index is 3150. The highest BCUT2D eigenvalue weighted by Crippen LogP contribution is 2.53. The molecule has 0 amide bonds. The van der Waals surface area contributed by atoms with E-state index in [0.29, 0.717) is 0 Å². The molecule has 8 aromatic carbocycles. The maximum atomic E-state index is 5.29.